The van der Waals surface area contributed by atoms with Gasteiger partial charge in [-0.15, -0.1) is 0 Å². The van der Waals surface area contributed by atoms with Gasteiger partial charge in [0.05, 0.1) is 22.6 Å². The smallest absolute Gasteiger partial charge is 0.243 e. The predicted molar refractivity (Wildman–Crippen MR) is 101 cm³/mol. The summed E-state index contributed by atoms with van der Waals surface area (Å²) in [7, 11) is -3.66. The molecule has 1 amide bonds. The number of nitrogens with zero attached hydrogens (tertiary/aromatic N) is 2. The molecule has 0 saturated carbocycles. The highest BCUT2D eigenvalue weighted by molar-refractivity contribution is 7.89. The minimum atomic E-state index is -3.66. The normalized spacial score (nSPS) is 23.7. The molecule has 2 aliphatic heterocycles. The summed E-state index contributed by atoms with van der Waals surface area (Å²) in [4.78, 5) is 12.4. The highest BCUT2D eigenvalue weighted by Crippen LogP contribution is 2.26. The molecule has 0 radical (unpaired) electrons. The molecule has 2 heterocycles. The summed E-state index contributed by atoms with van der Waals surface area (Å²) in [5.74, 6) is 0.100. The van der Waals surface area contributed by atoms with Crippen LogP contribution in [0.25, 0.3) is 0 Å². The second kappa shape index (κ2) is 8.38. The van der Waals surface area contributed by atoms with Crippen LogP contribution in [-0.4, -0.2) is 50.9 Å². The second-order valence-electron chi connectivity index (χ2n) is 7.36. The van der Waals surface area contributed by atoms with Crippen LogP contribution in [0.3, 0.4) is 0 Å². The fourth-order valence-electron chi connectivity index (χ4n) is 3.77. The van der Waals surface area contributed by atoms with E-state index in [1.807, 2.05) is 6.07 Å². The third-order valence-electron chi connectivity index (χ3n) is 5.36. The summed E-state index contributed by atoms with van der Waals surface area (Å²) in [6.45, 7) is 3.95. The summed E-state index contributed by atoms with van der Waals surface area (Å²) >= 11 is 0. The highest BCUT2D eigenvalue weighted by atomic mass is 32.2. The van der Waals surface area contributed by atoms with Gasteiger partial charge in [0.15, 0.2) is 0 Å². The summed E-state index contributed by atoms with van der Waals surface area (Å²) in [5, 5.41) is 15.2. The van der Waals surface area contributed by atoms with Gasteiger partial charge in [-0.2, -0.15) is 9.57 Å². The summed E-state index contributed by atoms with van der Waals surface area (Å²) in [6, 6.07) is 6.62. The lowest BCUT2D eigenvalue weighted by Crippen LogP contribution is -2.46. The van der Waals surface area contributed by atoms with E-state index >= 15 is 0 Å². The molecule has 27 heavy (non-hydrogen) atoms. The van der Waals surface area contributed by atoms with Crippen molar-refractivity contribution in [1.82, 2.24) is 14.9 Å². The quantitative estimate of drug-likeness (QED) is 0.785. The van der Waals surface area contributed by atoms with Crippen molar-refractivity contribution < 1.29 is 13.2 Å². The first-order valence-corrected chi connectivity index (χ1v) is 10.9. The van der Waals surface area contributed by atoms with Gasteiger partial charge in [0.25, 0.3) is 0 Å². The molecule has 0 spiro atoms. The van der Waals surface area contributed by atoms with E-state index < -0.39 is 10.0 Å². The maximum Gasteiger partial charge on any atom is 0.243 e. The third kappa shape index (κ3) is 4.49. The molecule has 7 nitrogen and oxygen atoms in total. The number of amides is 1. The largest absolute Gasteiger partial charge is 0.354 e. The maximum absolute atomic E-state index is 13.1. The lowest BCUT2D eigenvalue weighted by molar-refractivity contribution is -0.123. The van der Waals surface area contributed by atoms with Crippen LogP contribution in [0.4, 0.5) is 0 Å². The minimum Gasteiger partial charge on any atom is -0.354 e. The van der Waals surface area contributed by atoms with Crippen LogP contribution in [0.15, 0.2) is 23.1 Å². The molecule has 2 aliphatic rings. The van der Waals surface area contributed by atoms with Crippen LogP contribution >= 0.6 is 0 Å². The Morgan fingerprint density at radius 2 is 2.19 bits per heavy atom. The van der Waals surface area contributed by atoms with Crippen molar-refractivity contribution >= 4 is 15.9 Å². The number of carbonyl (C=O) groups is 1. The average molecular weight is 391 g/mol. The molecule has 0 aromatic heterocycles. The Labute approximate surface area is 160 Å². The first kappa shape index (κ1) is 19.8. The number of nitrogens with one attached hydrogen (secondary N) is 2. The number of piperidine rings is 1. The van der Waals surface area contributed by atoms with Crippen LogP contribution in [-0.2, 0) is 14.8 Å². The third-order valence-corrected chi connectivity index (χ3v) is 7.37. The van der Waals surface area contributed by atoms with Crippen LogP contribution in [0.5, 0.6) is 0 Å². The Kier molecular flexibility index (Phi) is 6.15. The fourth-order valence-corrected chi connectivity index (χ4v) is 5.58. The van der Waals surface area contributed by atoms with Crippen molar-refractivity contribution in [1.29, 1.82) is 5.26 Å². The first-order valence-electron chi connectivity index (χ1n) is 9.44. The standard InChI is InChI=1S/C19H26N4O3S/c1-14-6-7-15(11-20)10-18(14)27(25,26)23-9-3-4-16(13-23)12-22-19(24)17-5-2-8-21-17/h6-7,10,16-17,21H,2-5,8-9,12-13H2,1H3,(H,22,24). The lowest BCUT2D eigenvalue weighted by Gasteiger charge is -2.32. The molecule has 2 atom stereocenters. The van der Waals surface area contributed by atoms with E-state index in [1.165, 1.54) is 10.4 Å². The number of aryl methyl sites for hydroxylation is 1. The van der Waals surface area contributed by atoms with Gasteiger partial charge in [-0.1, -0.05) is 6.07 Å². The van der Waals surface area contributed by atoms with Crippen LogP contribution < -0.4 is 10.6 Å². The zero-order valence-corrected chi connectivity index (χ0v) is 16.4. The number of nitriles is 1. The van der Waals surface area contributed by atoms with Crippen LogP contribution in [0.1, 0.15) is 36.8 Å². The van der Waals surface area contributed by atoms with E-state index in [4.69, 9.17) is 5.26 Å². The molecule has 2 saturated heterocycles. The van der Waals surface area contributed by atoms with Gasteiger partial charge in [0, 0.05) is 19.6 Å². The first-order chi connectivity index (χ1) is 12.9. The Morgan fingerprint density at radius 3 is 2.89 bits per heavy atom. The molecule has 146 valence electrons. The molecule has 0 bridgehead atoms. The molecular weight excluding hydrogens is 364 g/mol. The molecule has 2 unspecified atom stereocenters. The number of carbonyl (C=O) groups excluding carboxylic acids is 1. The number of rotatable bonds is 5. The van der Waals surface area contributed by atoms with E-state index in [1.54, 1.807) is 19.1 Å². The predicted octanol–water partition coefficient (Wildman–Crippen LogP) is 1.14. The molecule has 3 rings (SSSR count). The van der Waals surface area contributed by atoms with Crippen molar-refractivity contribution in [2.75, 3.05) is 26.2 Å². The molecule has 1 aromatic rings. The van der Waals surface area contributed by atoms with Crippen molar-refractivity contribution in [3.8, 4) is 6.07 Å². The lowest BCUT2D eigenvalue weighted by atomic mass is 9.99. The number of sulfonamides is 1. The van der Waals surface area contributed by atoms with Crippen LogP contribution in [0, 0.1) is 24.2 Å². The summed E-state index contributed by atoms with van der Waals surface area (Å²) in [5.41, 5.74) is 0.973. The Bertz CT molecular complexity index is 841. The SMILES string of the molecule is Cc1ccc(C#N)cc1S(=O)(=O)N1CCCC(CNC(=O)C2CCCN2)C1. The summed E-state index contributed by atoms with van der Waals surface area (Å²) < 4.78 is 27.7. The van der Waals surface area contributed by atoms with Gasteiger partial charge in [0.1, 0.15) is 0 Å². The average Bonchev–Trinajstić information content (AvgIpc) is 3.21. The Hall–Kier alpha value is -1.95. The van der Waals surface area contributed by atoms with E-state index in [2.05, 4.69) is 10.6 Å². The van der Waals surface area contributed by atoms with Crippen molar-refractivity contribution in [3.05, 3.63) is 29.3 Å². The summed E-state index contributed by atoms with van der Waals surface area (Å²) in [6.07, 6.45) is 3.51. The van der Waals surface area contributed by atoms with Crippen molar-refractivity contribution in [3.63, 3.8) is 0 Å². The van der Waals surface area contributed by atoms with Gasteiger partial charge in [-0.25, -0.2) is 8.42 Å². The monoisotopic (exact) mass is 390 g/mol. The number of benzene rings is 1. The number of hydrogen-bond acceptors (Lipinski definition) is 5. The van der Waals surface area contributed by atoms with Gasteiger partial charge in [-0.05, 0) is 62.8 Å². The molecule has 2 fully saturated rings. The fraction of sp³-hybridized carbons (Fsp3) is 0.579. The van der Waals surface area contributed by atoms with E-state index in [-0.39, 0.29) is 22.8 Å². The van der Waals surface area contributed by atoms with Crippen LogP contribution in [0.2, 0.25) is 0 Å². The highest BCUT2D eigenvalue weighted by Gasteiger charge is 2.32. The minimum absolute atomic E-state index is 0.00467. The van der Waals surface area contributed by atoms with Gasteiger partial charge < -0.3 is 10.6 Å². The van der Waals surface area contributed by atoms with Gasteiger partial charge >= 0.3 is 0 Å². The molecule has 0 aliphatic carbocycles. The molecule has 1 aromatic carbocycles. The molecular formula is C19H26N4O3S. The maximum atomic E-state index is 13.1. The topological polar surface area (TPSA) is 102 Å². The van der Waals surface area contributed by atoms with E-state index in [0.29, 0.717) is 30.8 Å². The van der Waals surface area contributed by atoms with E-state index in [9.17, 15) is 13.2 Å². The Morgan fingerprint density at radius 1 is 1.37 bits per heavy atom. The van der Waals surface area contributed by atoms with Gasteiger partial charge in [-0.3, -0.25) is 4.79 Å². The Balaban J connectivity index is 1.66. The van der Waals surface area contributed by atoms with Crippen molar-refractivity contribution in [2.24, 2.45) is 5.92 Å². The van der Waals surface area contributed by atoms with E-state index in [0.717, 1.165) is 32.2 Å². The van der Waals surface area contributed by atoms with Crippen molar-refractivity contribution in [2.45, 2.75) is 43.5 Å². The zero-order chi connectivity index (χ0) is 19.4. The molecule has 2 N–H and O–H groups in total. The molecule has 8 heteroatoms. The zero-order valence-electron chi connectivity index (χ0n) is 15.6. The second-order valence-corrected chi connectivity index (χ2v) is 9.26. The number of hydrogen-bond donors (Lipinski definition) is 2. The van der Waals surface area contributed by atoms with Gasteiger partial charge in [0.2, 0.25) is 15.9 Å².